The van der Waals surface area contributed by atoms with Crippen molar-refractivity contribution in [1.29, 1.82) is 0 Å². The first-order chi connectivity index (χ1) is 8.56. The standard InChI is InChI=1S/C14H11ClF2O/c15-13-5-4-12(17)7-10(13)8-14(18)9-2-1-3-11(16)6-9/h1-7,14,18H,8H2. The van der Waals surface area contributed by atoms with E-state index in [0.29, 0.717) is 16.1 Å². The van der Waals surface area contributed by atoms with E-state index in [-0.39, 0.29) is 6.42 Å². The van der Waals surface area contributed by atoms with Crippen molar-refractivity contribution in [2.45, 2.75) is 12.5 Å². The summed E-state index contributed by atoms with van der Waals surface area (Å²) in [6.45, 7) is 0. The highest BCUT2D eigenvalue weighted by molar-refractivity contribution is 6.31. The molecular formula is C14H11ClF2O. The molecule has 0 spiro atoms. The zero-order chi connectivity index (χ0) is 13.1. The van der Waals surface area contributed by atoms with E-state index in [1.54, 1.807) is 6.07 Å². The number of hydrogen-bond acceptors (Lipinski definition) is 1. The molecule has 1 nitrogen and oxygen atoms in total. The Morgan fingerprint density at radius 3 is 2.50 bits per heavy atom. The van der Waals surface area contributed by atoms with Crippen LogP contribution in [0, 0.1) is 11.6 Å². The lowest BCUT2D eigenvalue weighted by molar-refractivity contribution is 0.178. The van der Waals surface area contributed by atoms with Crippen LogP contribution in [0.25, 0.3) is 0 Å². The molecule has 0 radical (unpaired) electrons. The summed E-state index contributed by atoms with van der Waals surface area (Å²) >= 11 is 5.91. The molecule has 0 aliphatic rings. The van der Waals surface area contributed by atoms with Gasteiger partial charge in [0.1, 0.15) is 11.6 Å². The van der Waals surface area contributed by atoms with Crippen molar-refractivity contribution in [3.05, 3.63) is 70.2 Å². The van der Waals surface area contributed by atoms with Crippen LogP contribution < -0.4 is 0 Å². The Kier molecular flexibility index (Phi) is 3.94. The van der Waals surface area contributed by atoms with E-state index in [1.807, 2.05) is 0 Å². The van der Waals surface area contributed by atoms with Crippen molar-refractivity contribution < 1.29 is 13.9 Å². The molecule has 0 heterocycles. The predicted molar refractivity (Wildman–Crippen MR) is 66.5 cm³/mol. The first-order valence-corrected chi connectivity index (χ1v) is 5.81. The minimum absolute atomic E-state index is 0.139. The lowest BCUT2D eigenvalue weighted by atomic mass is 10.0. The molecule has 0 saturated carbocycles. The molecule has 18 heavy (non-hydrogen) atoms. The van der Waals surface area contributed by atoms with Crippen LogP contribution in [0.2, 0.25) is 5.02 Å². The maximum atomic E-state index is 13.1. The van der Waals surface area contributed by atoms with Crippen LogP contribution in [0.3, 0.4) is 0 Å². The topological polar surface area (TPSA) is 20.2 Å². The Bertz CT molecular complexity index is 557. The molecule has 0 fully saturated rings. The normalized spacial score (nSPS) is 12.4. The molecule has 0 aliphatic carbocycles. The van der Waals surface area contributed by atoms with E-state index < -0.39 is 17.7 Å². The van der Waals surface area contributed by atoms with Crippen molar-refractivity contribution in [2.75, 3.05) is 0 Å². The fraction of sp³-hybridized carbons (Fsp3) is 0.143. The molecule has 2 aromatic rings. The Morgan fingerprint density at radius 1 is 1.06 bits per heavy atom. The van der Waals surface area contributed by atoms with Crippen molar-refractivity contribution in [3.63, 3.8) is 0 Å². The second-order valence-electron chi connectivity index (χ2n) is 4.01. The second-order valence-corrected chi connectivity index (χ2v) is 4.42. The molecule has 2 aromatic carbocycles. The number of hydrogen-bond donors (Lipinski definition) is 1. The van der Waals surface area contributed by atoms with Crippen molar-refractivity contribution >= 4 is 11.6 Å². The van der Waals surface area contributed by atoms with E-state index in [2.05, 4.69) is 0 Å². The largest absolute Gasteiger partial charge is 0.388 e. The smallest absolute Gasteiger partial charge is 0.123 e. The van der Waals surface area contributed by atoms with Gasteiger partial charge in [-0.15, -0.1) is 0 Å². The molecule has 1 N–H and O–H groups in total. The van der Waals surface area contributed by atoms with Crippen LogP contribution in [0.15, 0.2) is 42.5 Å². The summed E-state index contributed by atoms with van der Waals surface area (Å²) in [6, 6.07) is 9.63. The molecule has 1 unspecified atom stereocenters. The van der Waals surface area contributed by atoms with Crippen LogP contribution in [0.4, 0.5) is 8.78 Å². The number of benzene rings is 2. The van der Waals surface area contributed by atoms with E-state index in [0.717, 1.165) is 0 Å². The van der Waals surface area contributed by atoms with Gasteiger partial charge in [0.05, 0.1) is 6.10 Å². The fourth-order valence-electron chi connectivity index (χ4n) is 1.74. The third-order valence-electron chi connectivity index (χ3n) is 2.65. The van der Waals surface area contributed by atoms with Crippen molar-refractivity contribution in [3.8, 4) is 0 Å². The van der Waals surface area contributed by atoms with Gasteiger partial charge in [-0.1, -0.05) is 23.7 Å². The summed E-state index contributed by atoms with van der Waals surface area (Å²) in [4.78, 5) is 0. The van der Waals surface area contributed by atoms with Crippen LogP contribution in [0.1, 0.15) is 17.2 Å². The zero-order valence-corrected chi connectivity index (χ0v) is 10.2. The summed E-state index contributed by atoms with van der Waals surface area (Å²) in [5.41, 5.74) is 0.934. The molecule has 0 aromatic heterocycles. The zero-order valence-electron chi connectivity index (χ0n) is 9.41. The third-order valence-corrected chi connectivity index (χ3v) is 3.02. The Balaban J connectivity index is 2.21. The third kappa shape index (κ3) is 3.06. The predicted octanol–water partition coefficient (Wildman–Crippen LogP) is 3.89. The molecule has 4 heteroatoms. The molecule has 94 valence electrons. The van der Waals surface area contributed by atoms with E-state index in [9.17, 15) is 13.9 Å². The van der Waals surface area contributed by atoms with Gasteiger partial charge in [-0.3, -0.25) is 0 Å². The molecule has 0 bridgehead atoms. The van der Waals surface area contributed by atoms with Gasteiger partial charge in [0, 0.05) is 11.4 Å². The van der Waals surface area contributed by atoms with Gasteiger partial charge in [-0.05, 0) is 41.5 Å². The van der Waals surface area contributed by atoms with Gasteiger partial charge in [0.15, 0.2) is 0 Å². The average molecular weight is 269 g/mol. The number of rotatable bonds is 3. The first kappa shape index (κ1) is 13.0. The van der Waals surface area contributed by atoms with Gasteiger partial charge < -0.3 is 5.11 Å². The van der Waals surface area contributed by atoms with E-state index in [1.165, 1.54) is 36.4 Å². The highest BCUT2D eigenvalue weighted by Gasteiger charge is 2.12. The first-order valence-electron chi connectivity index (χ1n) is 5.44. The average Bonchev–Trinajstić information content (AvgIpc) is 2.34. The van der Waals surface area contributed by atoms with Crippen molar-refractivity contribution in [2.24, 2.45) is 0 Å². The molecule has 0 amide bonds. The van der Waals surface area contributed by atoms with Crippen LogP contribution in [0.5, 0.6) is 0 Å². The highest BCUT2D eigenvalue weighted by Crippen LogP contribution is 2.24. The van der Waals surface area contributed by atoms with Crippen LogP contribution in [-0.4, -0.2) is 5.11 Å². The van der Waals surface area contributed by atoms with E-state index in [4.69, 9.17) is 11.6 Å². The molecule has 1 atom stereocenters. The Morgan fingerprint density at radius 2 is 1.78 bits per heavy atom. The minimum atomic E-state index is -0.917. The Labute approximate surface area is 109 Å². The number of aliphatic hydroxyl groups excluding tert-OH is 1. The van der Waals surface area contributed by atoms with Crippen LogP contribution >= 0.6 is 11.6 Å². The second kappa shape index (κ2) is 5.46. The summed E-state index contributed by atoms with van der Waals surface area (Å²) < 4.78 is 26.1. The highest BCUT2D eigenvalue weighted by atomic mass is 35.5. The summed E-state index contributed by atoms with van der Waals surface area (Å²) in [5, 5.41) is 10.3. The van der Waals surface area contributed by atoms with Crippen LogP contribution in [-0.2, 0) is 6.42 Å². The monoisotopic (exact) mass is 268 g/mol. The van der Waals surface area contributed by atoms with Crippen molar-refractivity contribution in [1.82, 2.24) is 0 Å². The Hall–Kier alpha value is -1.45. The van der Waals surface area contributed by atoms with Gasteiger partial charge in [-0.25, -0.2) is 8.78 Å². The number of aliphatic hydroxyl groups is 1. The summed E-state index contributed by atoms with van der Waals surface area (Å²) in [6.07, 6.45) is -0.778. The molecule has 0 aliphatic heterocycles. The molecular weight excluding hydrogens is 258 g/mol. The fourth-order valence-corrected chi connectivity index (χ4v) is 1.93. The maximum Gasteiger partial charge on any atom is 0.123 e. The molecule has 0 saturated heterocycles. The van der Waals surface area contributed by atoms with Gasteiger partial charge >= 0.3 is 0 Å². The van der Waals surface area contributed by atoms with Gasteiger partial charge in [0.2, 0.25) is 0 Å². The summed E-state index contributed by atoms with van der Waals surface area (Å²) in [7, 11) is 0. The van der Waals surface area contributed by atoms with E-state index >= 15 is 0 Å². The number of halogens is 3. The quantitative estimate of drug-likeness (QED) is 0.895. The lowest BCUT2D eigenvalue weighted by Gasteiger charge is -2.12. The van der Waals surface area contributed by atoms with Gasteiger partial charge in [-0.2, -0.15) is 0 Å². The van der Waals surface area contributed by atoms with Gasteiger partial charge in [0.25, 0.3) is 0 Å². The SMILES string of the molecule is OC(Cc1cc(F)ccc1Cl)c1cccc(F)c1. The lowest BCUT2D eigenvalue weighted by Crippen LogP contribution is -2.03. The maximum absolute atomic E-state index is 13.1. The summed E-state index contributed by atoms with van der Waals surface area (Å²) in [5.74, 6) is -0.835. The molecule has 2 rings (SSSR count). The minimum Gasteiger partial charge on any atom is -0.388 e.